The van der Waals surface area contributed by atoms with Gasteiger partial charge in [0.1, 0.15) is 11.8 Å². The number of likely N-dealkylation sites (tertiary alicyclic amines) is 1. The van der Waals surface area contributed by atoms with Gasteiger partial charge in [-0.25, -0.2) is 0 Å². The molecule has 3 aromatic carbocycles. The van der Waals surface area contributed by atoms with Crippen LogP contribution in [0, 0.1) is 6.92 Å². The second-order valence-corrected chi connectivity index (χ2v) is 9.11. The number of carboxylic acid groups (broad SMARTS) is 1. The van der Waals surface area contributed by atoms with Gasteiger partial charge in [0.25, 0.3) is 0 Å². The summed E-state index contributed by atoms with van der Waals surface area (Å²) in [6.07, 6.45) is 0.295. The topological polar surface area (TPSA) is 60.8 Å². The Morgan fingerprint density at radius 3 is 2.44 bits per heavy atom. The highest BCUT2D eigenvalue weighted by molar-refractivity contribution is 5.78. The molecule has 1 aliphatic heterocycles. The molecule has 0 amide bonds. The largest absolute Gasteiger partial charge is 0.508 e. The molecule has 1 fully saturated rings. The summed E-state index contributed by atoms with van der Waals surface area (Å²) in [6, 6.07) is 16.7. The standard InChI is InChI=1S/C29H28F3NO3/c1-19-20(10-7-11-24(19)21-8-3-2-4-9-21)13-14-22-17-27(34)23(16-25(22)29(30,31)32)18-33-15-6-5-12-26(33)28(35)36/h2-4,7-11,13-14,16-17,26,34H,5-6,12,15,18H2,1H3,(H,35,36). The first-order chi connectivity index (χ1) is 17.1. The fourth-order valence-corrected chi connectivity index (χ4v) is 4.78. The number of halogens is 3. The number of carbonyl (C=O) groups is 1. The van der Waals surface area contributed by atoms with E-state index in [1.807, 2.05) is 55.5 Å². The average molecular weight is 496 g/mol. The minimum Gasteiger partial charge on any atom is -0.508 e. The molecule has 0 bridgehead atoms. The van der Waals surface area contributed by atoms with E-state index in [4.69, 9.17) is 0 Å². The highest BCUT2D eigenvalue weighted by Gasteiger charge is 2.35. The van der Waals surface area contributed by atoms with Gasteiger partial charge in [-0.1, -0.05) is 67.1 Å². The fourth-order valence-electron chi connectivity index (χ4n) is 4.78. The fraction of sp³-hybridized carbons (Fsp3) is 0.276. The zero-order valence-electron chi connectivity index (χ0n) is 19.9. The molecule has 1 unspecified atom stereocenters. The maximum absolute atomic E-state index is 14.0. The highest BCUT2D eigenvalue weighted by Crippen LogP contribution is 2.38. The summed E-state index contributed by atoms with van der Waals surface area (Å²) in [4.78, 5) is 13.2. The molecule has 2 N–H and O–H groups in total. The Labute approximate surface area is 208 Å². The molecular weight excluding hydrogens is 467 g/mol. The molecule has 4 rings (SSSR count). The third kappa shape index (κ3) is 5.62. The quantitative estimate of drug-likeness (QED) is 0.362. The van der Waals surface area contributed by atoms with Crippen molar-refractivity contribution in [3.05, 3.63) is 88.5 Å². The van der Waals surface area contributed by atoms with E-state index in [1.165, 1.54) is 6.08 Å². The van der Waals surface area contributed by atoms with Gasteiger partial charge in [-0.3, -0.25) is 9.69 Å². The first-order valence-corrected chi connectivity index (χ1v) is 11.9. The molecule has 36 heavy (non-hydrogen) atoms. The van der Waals surface area contributed by atoms with Crippen LogP contribution in [0.3, 0.4) is 0 Å². The first-order valence-electron chi connectivity index (χ1n) is 11.9. The van der Waals surface area contributed by atoms with Crippen molar-refractivity contribution in [3.63, 3.8) is 0 Å². The molecule has 1 heterocycles. The van der Waals surface area contributed by atoms with Crippen molar-refractivity contribution < 1.29 is 28.2 Å². The van der Waals surface area contributed by atoms with Crippen LogP contribution in [-0.2, 0) is 17.5 Å². The van der Waals surface area contributed by atoms with Gasteiger partial charge < -0.3 is 10.2 Å². The molecule has 0 spiro atoms. The van der Waals surface area contributed by atoms with Gasteiger partial charge in [0.2, 0.25) is 0 Å². The van der Waals surface area contributed by atoms with E-state index < -0.39 is 23.8 Å². The molecule has 0 aliphatic carbocycles. The number of nitrogens with zero attached hydrogens (tertiary/aromatic N) is 1. The molecule has 1 aliphatic rings. The highest BCUT2D eigenvalue weighted by atomic mass is 19.4. The number of alkyl halides is 3. The number of phenols is 1. The van der Waals surface area contributed by atoms with Crippen molar-refractivity contribution in [1.82, 2.24) is 4.90 Å². The van der Waals surface area contributed by atoms with Gasteiger partial charge >= 0.3 is 12.1 Å². The second-order valence-electron chi connectivity index (χ2n) is 9.11. The number of carboxylic acids is 1. The van der Waals surface area contributed by atoms with Gasteiger partial charge in [-0.05, 0) is 66.3 Å². The van der Waals surface area contributed by atoms with Crippen molar-refractivity contribution in [2.75, 3.05) is 6.54 Å². The van der Waals surface area contributed by atoms with E-state index in [0.29, 0.717) is 13.0 Å². The van der Waals surface area contributed by atoms with Crippen LogP contribution in [0.1, 0.15) is 47.1 Å². The molecule has 4 nitrogen and oxygen atoms in total. The first kappa shape index (κ1) is 25.5. The lowest BCUT2D eigenvalue weighted by Gasteiger charge is -2.33. The third-order valence-electron chi connectivity index (χ3n) is 6.73. The molecule has 7 heteroatoms. The molecule has 0 aromatic heterocycles. The van der Waals surface area contributed by atoms with E-state index in [9.17, 15) is 28.2 Å². The average Bonchev–Trinajstić information content (AvgIpc) is 2.85. The number of phenolic OH excluding ortho intramolecular Hbond substituents is 1. The second kappa shape index (κ2) is 10.6. The Bertz CT molecular complexity index is 1270. The summed E-state index contributed by atoms with van der Waals surface area (Å²) in [5, 5.41) is 20.1. The van der Waals surface area contributed by atoms with E-state index in [-0.39, 0.29) is 23.4 Å². The Morgan fingerprint density at radius 1 is 1.03 bits per heavy atom. The maximum Gasteiger partial charge on any atom is 0.417 e. The Balaban J connectivity index is 1.68. The van der Waals surface area contributed by atoms with Gasteiger partial charge in [-0.2, -0.15) is 13.2 Å². The monoisotopic (exact) mass is 495 g/mol. The van der Waals surface area contributed by atoms with Crippen molar-refractivity contribution in [1.29, 1.82) is 0 Å². The minimum absolute atomic E-state index is 0.0614. The number of benzene rings is 3. The van der Waals surface area contributed by atoms with Crippen LogP contribution in [0.2, 0.25) is 0 Å². The summed E-state index contributed by atoms with van der Waals surface area (Å²) in [5.41, 5.74) is 2.75. The summed E-state index contributed by atoms with van der Waals surface area (Å²) in [7, 11) is 0. The molecular formula is C29H28F3NO3. The van der Waals surface area contributed by atoms with Crippen molar-refractivity contribution in [2.45, 2.75) is 44.9 Å². The Hall–Kier alpha value is -3.58. The number of aliphatic carboxylic acids is 1. The lowest BCUT2D eigenvalue weighted by atomic mass is 9.95. The summed E-state index contributed by atoms with van der Waals surface area (Å²) in [5.74, 6) is -1.29. The number of aromatic hydroxyl groups is 1. The number of rotatable bonds is 6. The molecule has 1 atom stereocenters. The number of hydrogen-bond donors (Lipinski definition) is 2. The lowest BCUT2D eigenvalue weighted by Crippen LogP contribution is -2.44. The predicted octanol–water partition coefficient (Wildman–Crippen LogP) is 7.00. The van der Waals surface area contributed by atoms with Crippen LogP contribution in [0.5, 0.6) is 5.75 Å². The predicted molar refractivity (Wildman–Crippen MR) is 134 cm³/mol. The van der Waals surface area contributed by atoms with Crippen molar-refractivity contribution >= 4 is 18.1 Å². The number of piperidine rings is 1. The zero-order chi connectivity index (χ0) is 25.9. The summed E-state index contributed by atoms with van der Waals surface area (Å²) < 4.78 is 42.0. The van der Waals surface area contributed by atoms with Gasteiger partial charge in [0.05, 0.1) is 5.56 Å². The van der Waals surface area contributed by atoms with E-state index in [0.717, 1.165) is 47.2 Å². The maximum atomic E-state index is 14.0. The minimum atomic E-state index is -4.64. The third-order valence-corrected chi connectivity index (χ3v) is 6.73. The summed E-state index contributed by atoms with van der Waals surface area (Å²) >= 11 is 0. The lowest BCUT2D eigenvalue weighted by molar-refractivity contribution is -0.145. The van der Waals surface area contributed by atoms with E-state index in [1.54, 1.807) is 11.0 Å². The van der Waals surface area contributed by atoms with Crippen molar-refractivity contribution in [3.8, 4) is 16.9 Å². The zero-order valence-corrected chi connectivity index (χ0v) is 19.9. The Kier molecular flexibility index (Phi) is 7.50. The van der Waals surface area contributed by atoms with Crippen LogP contribution in [0.15, 0.2) is 60.7 Å². The molecule has 1 saturated heterocycles. The molecule has 3 aromatic rings. The SMILES string of the molecule is Cc1c(C=Cc2cc(O)c(CN3CCCCC3C(=O)O)cc2C(F)(F)F)cccc1-c1ccccc1. The van der Waals surface area contributed by atoms with Crippen LogP contribution in [-0.4, -0.2) is 33.7 Å². The molecule has 0 radical (unpaired) electrons. The van der Waals surface area contributed by atoms with Gasteiger partial charge in [-0.15, -0.1) is 0 Å². The van der Waals surface area contributed by atoms with Crippen LogP contribution in [0.4, 0.5) is 13.2 Å². The molecule has 0 saturated carbocycles. The molecule has 188 valence electrons. The van der Waals surface area contributed by atoms with Crippen molar-refractivity contribution in [2.24, 2.45) is 0 Å². The van der Waals surface area contributed by atoms with Gasteiger partial charge in [0, 0.05) is 12.1 Å². The van der Waals surface area contributed by atoms with Crippen LogP contribution in [0.25, 0.3) is 23.3 Å². The van der Waals surface area contributed by atoms with Gasteiger partial charge in [0.15, 0.2) is 0 Å². The smallest absolute Gasteiger partial charge is 0.417 e. The van der Waals surface area contributed by atoms with Crippen LogP contribution >= 0.6 is 0 Å². The van der Waals surface area contributed by atoms with Crippen LogP contribution < -0.4 is 0 Å². The van der Waals surface area contributed by atoms with E-state index >= 15 is 0 Å². The normalized spacial score (nSPS) is 16.9. The number of hydrogen-bond acceptors (Lipinski definition) is 3. The van der Waals surface area contributed by atoms with E-state index in [2.05, 4.69) is 0 Å². The summed E-state index contributed by atoms with van der Waals surface area (Å²) in [6.45, 7) is 2.31. The Morgan fingerprint density at radius 2 is 1.75 bits per heavy atom.